The monoisotopic (exact) mass is 209 g/mol. The summed E-state index contributed by atoms with van der Waals surface area (Å²) in [5.41, 5.74) is 0. The third kappa shape index (κ3) is 3.00. The maximum atomic E-state index is 12.7. The average Bonchev–Trinajstić information content (AvgIpc) is 2.13. The molecular weight excluding hydrogens is 199 g/mol. The van der Waals surface area contributed by atoms with Crippen molar-refractivity contribution < 1.29 is 38.3 Å². The minimum absolute atomic E-state index is 1.88. The predicted molar refractivity (Wildman–Crippen MR) is 31.9 cm³/mol. The van der Waals surface area contributed by atoms with Crippen LogP contribution < -0.4 is 0 Å². The molecule has 0 spiro atoms. The van der Waals surface area contributed by atoms with Crippen molar-refractivity contribution in [2.24, 2.45) is 0 Å². The van der Waals surface area contributed by atoms with Crippen LogP contribution in [0.1, 0.15) is 13.7 Å². The molecule has 0 aromatic heterocycles. The van der Waals surface area contributed by atoms with Crippen LogP contribution in [0, 0.1) is 0 Å². The molecule has 13 heavy (non-hydrogen) atoms. The second kappa shape index (κ2) is 3.31. The summed E-state index contributed by atoms with van der Waals surface area (Å²) in [6.45, 7) is -6.38. The molecule has 0 saturated carbocycles. The number of carbonyl (C=O) groups is 1. The standard InChI is InChI=1S/C6H5F5O2/c1-3(7)4(12)13-6(10,11)5(2,8)9/h1H2,2H3/i1D2,2D3. The first-order valence-electron chi connectivity index (χ1n) is 5.06. The molecule has 0 amide bonds. The Morgan fingerprint density at radius 1 is 1.54 bits per heavy atom. The Labute approximate surface area is 77.0 Å². The Kier molecular flexibility index (Phi) is 1.42. The molecule has 0 aromatic rings. The molecule has 0 fully saturated rings. The van der Waals surface area contributed by atoms with Crippen LogP contribution in [0.2, 0.25) is 0 Å². The molecule has 0 aliphatic rings. The molecule has 0 rings (SSSR count). The highest BCUT2D eigenvalue weighted by molar-refractivity contribution is 5.85. The van der Waals surface area contributed by atoms with E-state index >= 15 is 0 Å². The zero-order chi connectivity index (χ0) is 14.9. The third-order valence-corrected chi connectivity index (χ3v) is 0.766. The Balaban J connectivity index is 5.22. The Hall–Kier alpha value is -1.14. The van der Waals surface area contributed by atoms with Gasteiger partial charge in [-0.2, -0.15) is 22.0 Å². The lowest BCUT2D eigenvalue weighted by atomic mass is 10.3. The maximum absolute atomic E-state index is 12.7. The third-order valence-electron chi connectivity index (χ3n) is 0.766. The summed E-state index contributed by atoms with van der Waals surface area (Å²) in [5, 5.41) is 0. The minimum Gasteiger partial charge on any atom is -0.391 e. The first-order valence-corrected chi connectivity index (χ1v) is 2.56. The molecule has 0 saturated heterocycles. The van der Waals surface area contributed by atoms with Crippen LogP contribution >= 0.6 is 0 Å². The number of hydrogen-bond acceptors (Lipinski definition) is 2. The van der Waals surface area contributed by atoms with Gasteiger partial charge in [-0.05, 0) is 0 Å². The number of rotatable bonds is 3. The molecular formula is C6H5F5O2. The maximum Gasteiger partial charge on any atom is 0.466 e. The summed E-state index contributed by atoms with van der Waals surface area (Å²) >= 11 is 0. The van der Waals surface area contributed by atoms with Gasteiger partial charge in [0.1, 0.15) is 0 Å². The van der Waals surface area contributed by atoms with Crippen LogP contribution in [0.15, 0.2) is 12.4 Å². The summed E-state index contributed by atoms with van der Waals surface area (Å²) < 4.78 is 96.9. The number of alkyl halides is 4. The van der Waals surface area contributed by atoms with E-state index in [4.69, 9.17) is 6.85 Å². The van der Waals surface area contributed by atoms with Gasteiger partial charge in [0, 0.05) is 11.0 Å². The summed E-state index contributed by atoms with van der Waals surface area (Å²) in [6.07, 6.45) is -5.82. The zero-order valence-electron chi connectivity index (χ0n) is 10.7. The molecule has 0 N–H and O–H groups in total. The largest absolute Gasteiger partial charge is 0.466 e. The van der Waals surface area contributed by atoms with E-state index in [1.807, 2.05) is 0 Å². The molecule has 0 bridgehead atoms. The van der Waals surface area contributed by atoms with E-state index < -0.39 is 37.2 Å². The van der Waals surface area contributed by atoms with Crippen LogP contribution in [-0.2, 0) is 9.53 Å². The van der Waals surface area contributed by atoms with Crippen molar-refractivity contribution in [1.29, 1.82) is 0 Å². The van der Waals surface area contributed by atoms with Crippen LogP contribution in [0.4, 0.5) is 22.0 Å². The zero-order valence-corrected chi connectivity index (χ0v) is 5.71. The van der Waals surface area contributed by atoms with Gasteiger partial charge in [-0.1, -0.05) is 6.53 Å². The van der Waals surface area contributed by atoms with E-state index in [1.165, 1.54) is 0 Å². The van der Waals surface area contributed by atoms with Gasteiger partial charge >= 0.3 is 18.0 Å². The number of hydrogen-bond donors (Lipinski definition) is 0. The van der Waals surface area contributed by atoms with Gasteiger partial charge in [-0.15, -0.1) is 0 Å². The van der Waals surface area contributed by atoms with Gasteiger partial charge in [0.05, 0.1) is 2.74 Å². The average molecular weight is 209 g/mol. The summed E-state index contributed by atoms with van der Waals surface area (Å²) in [4.78, 5) is 10.5. The highest BCUT2D eigenvalue weighted by Crippen LogP contribution is 2.35. The van der Waals surface area contributed by atoms with Crippen molar-refractivity contribution in [1.82, 2.24) is 0 Å². The van der Waals surface area contributed by atoms with Crippen molar-refractivity contribution in [3.05, 3.63) is 12.4 Å². The van der Waals surface area contributed by atoms with E-state index in [2.05, 4.69) is 4.74 Å². The molecule has 0 heterocycles. The molecule has 76 valence electrons. The quantitative estimate of drug-likeness (QED) is 0.405. The van der Waals surface area contributed by atoms with E-state index in [9.17, 15) is 26.7 Å². The molecule has 0 aliphatic carbocycles. The molecule has 0 atom stereocenters. The van der Waals surface area contributed by atoms with Crippen LogP contribution in [0.25, 0.3) is 0 Å². The highest BCUT2D eigenvalue weighted by Gasteiger charge is 2.56. The fourth-order valence-electron chi connectivity index (χ4n) is 0.225. The fraction of sp³-hybridized carbons (Fsp3) is 0.500. The van der Waals surface area contributed by atoms with Crippen molar-refractivity contribution in [3.63, 3.8) is 0 Å². The Bertz CT molecular complexity index is 373. The summed E-state index contributed by atoms with van der Waals surface area (Å²) in [7, 11) is 0. The number of carbonyl (C=O) groups excluding carboxylic acids is 1. The number of ether oxygens (including phenoxy) is 1. The smallest absolute Gasteiger partial charge is 0.391 e. The van der Waals surface area contributed by atoms with Gasteiger partial charge in [-0.3, -0.25) is 0 Å². The topological polar surface area (TPSA) is 26.3 Å². The lowest BCUT2D eigenvalue weighted by Gasteiger charge is -2.21. The number of halogens is 5. The van der Waals surface area contributed by atoms with Gasteiger partial charge in [0.15, 0.2) is 0 Å². The van der Waals surface area contributed by atoms with E-state index in [1.54, 1.807) is 0 Å². The Morgan fingerprint density at radius 2 is 2.08 bits per heavy atom. The summed E-state index contributed by atoms with van der Waals surface area (Å²) in [6, 6.07) is 0. The highest BCUT2D eigenvalue weighted by atomic mass is 19.3. The van der Waals surface area contributed by atoms with E-state index in [0.29, 0.717) is 0 Å². The first kappa shape index (κ1) is 5.56. The second-order valence-corrected chi connectivity index (χ2v) is 1.79. The lowest BCUT2D eigenvalue weighted by molar-refractivity contribution is -0.323. The van der Waals surface area contributed by atoms with Crippen molar-refractivity contribution in [2.45, 2.75) is 18.9 Å². The molecule has 0 aromatic carbocycles. The normalized spacial score (nSPS) is 18.7. The molecule has 2 nitrogen and oxygen atoms in total. The molecule has 7 heteroatoms. The van der Waals surface area contributed by atoms with Crippen molar-refractivity contribution >= 4 is 5.97 Å². The van der Waals surface area contributed by atoms with E-state index in [0.717, 1.165) is 0 Å². The fourth-order valence-corrected chi connectivity index (χ4v) is 0.225. The van der Waals surface area contributed by atoms with Crippen molar-refractivity contribution in [3.8, 4) is 0 Å². The van der Waals surface area contributed by atoms with Gasteiger partial charge in [0.25, 0.3) is 0 Å². The molecule has 0 aliphatic heterocycles. The molecule has 0 unspecified atom stereocenters. The predicted octanol–water partition coefficient (Wildman–Crippen LogP) is 2.26. The van der Waals surface area contributed by atoms with E-state index in [-0.39, 0.29) is 0 Å². The number of esters is 1. The van der Waals surface area contributed by atoms with Crippen LogP contribution in [0.3, 0.4) is 0 Å². The lowest BCUT2D eigenvalue weighted by Crippen LogP contribution is -2.41. The molecule has 0 radical (unpaired) electrons. The van der Waals surface area contributed by atoms with Gasteiger partial charge < -0.3 is 4.74 Å². The minimum atomic E-state index is -5.82. The first-order chi connectivity index (χ1) is 7.74. The second-order valence-electron chi connectivity index (χ2n) is 1.79. The summed E-state index contributed by atoms with van der Waals surface area (Å²) in [5.74, 6) is -10.9. The van der Waals surface area contributed by atoms with Crippen molar-refractivity contribution in [2.75, 3.05) is 0 Å². The van der Waals surface area contributed by atoms with Crippen LogP contribution in [-0.4, -0.2) is 18.0 Å². The van der Waals surface area contributed by atoms with Gasteiger partial charge in [-0.25, -0.2) is 4.79 Å². The van der Waals surface area contributed by atoms with Gasteiger partial charge in [0.2, 0.25) is 5.83 Å². The Morgan fingerprint density at radius 3 is 2.46 bits per heavy atom. The SMILES string of the molecule is [2H]C([2H])=C(F)C(=O)OC(F)(F)C(F)(F)C([2H])([2H])[2H]. The van der Waals surface area contributed by atoms with Crippen LogP contribution in [0.5, 0.6) is 0 Å².